The normalized spacial score (nSPS) is 21.4. The molecule has 1 saturated heterocycles. The number of carbonyl (C=O) groups is 1. The lowest BCUT2D eigenvalue weighted by atomic mass is 10.0. The van der Waals surface area contributed by atoms with Crippen LogP contribution in [0.5, 0.6) is 11.5 Å². The minimum absolute atomic E-state index is 0. The lowest BCUT2D eigenvalue weighted by Crippen LogP contribution is -2.47. The quantitative estimate of drug-likeness (QED) is 0.894. The number of ether oxygens (including phenoxy) is 2. The molecular weight excluding hydrogens is 304 g/mol. The standard InChI is InChI=1S/C16H22N2O3.ClH/c1-11(18-16(19)13-4-2-3-7-17-13)12-5-6-14-15(10-12)21-9-8-20-14;/h5-6,10-11,13,17H,2-4,7-9H2,1H3,(H,18,19);1H/t11?,13-;/m1./s1. The van der Waals surface area contributed by atoms with Gasteiger partial charge in [0.1, 0.15) is 13.2 Å². The van der Waals surface area contributed by atoms with Crippen molar-refractivity contribution in [1.29, 1.82) is 0 Å². The fourth-order valence-corrected chi connectivity index (χ4v) is 2.80. The summed E-state index contributed by atoms with van der Waals surface area (Å²) in [5.41, 5.74) is 1.03. The average Bonchev–Trinajstić information content (AvgIpc) is 2.55. The van der Waals surface area contributed by atoms with Gasteiger partial charge in [0.15, 0.2) is 11.5 Å². The molecule has 2 heterocycles. The van der Waals surface area contributed by atoms with Gasteiger partial charge in [-0.1, -0.05) is 12.5 Å². The van der Waals surface area contributed by atoms with E-state index in [0.717, 1.165) is 42.9 Å². The lowest BCUT2D eigenvalue weighted by Gasteiger charge is -2.25. The number of halogens is 1. The summed E-state index contributed by atoms with van der Waals surface area (Å²) in [5.74, 6) is 1.62. The molecule has 0 saturated carbocycles. The molecule has 1 unspecified atom stereocenters. The molecule has 22 heavy (non-hydrogen) atoms. The van der Waals surface area contributed by atoms with Gasteiger partial charge >= 0.3 is 0 Å². The fraction of sp³-hybridized carbons (Fsp3) is 0.562. The van der Waals surface area contributed by atoms with E-state index in [4.69, 9.17) is 9.47 Å². The molecule has 1 fully saturated rings. The number of nitrogens with one attached hydrogen (secondary N) is 2. The lowest BCUT2D eigenvalue weighted by molar-refractivity contribution is -0.124. The second-order valence-corrected chi connectivity index (χ2v) is 5.64. The van der Waals surface area contributed by atoms with E-state index < -0.39 is 0 Å². The van der Waals surface area contributed by atoms with Gasteiger partial charge in [-0.25, -0.2) is 0 Å². The molecule has 6 heteroatoms. The Labute approximate surface area is 137 Å². The molecule has 2 N–H and O–H groups in total. The summed E-state index contributed by atoms with van der Waals surface area (Å²) in [6.07, 6.45) is 3.19. The van der Waals surface area contributed by atoms with Crippen LogP contribution in [0.3, 0.4) is 0 Å². The number of amides is 1. The van der Waals surface area contributed by atoms with Gasteiger partial charge in [0, 0.05) is 0 Å². The van der Waals surface area contributed by atoms with Crippen molar-refractivity contribution < 1.29 is 14.3 Å². The van der Waals surface area contributed by atoms with Crippen LogP contribution in [-0.4, -0.2) is 31.7 Å². The Morgan fingerprint density at radius 1 is 1.27 bits per heavy atom. The molecule has 1 amide bonds. The first-order valence-electron chi connectivity index (χ1n) is 7.67. The summed E-state index contributed by atoms with van der Waals surface area (Å²) < 4.78 is 11.1. The van der Waals surface area contributed by atoms with Crippen molar-refractivity contribution in [2.45, 2.75) is 38.3 Å². The highest BCUT2D eigenvalue weighted by Crippen LogP contribution is 2.32. The van der Waals surface area contributed by atoms with Crippen LogP contribution in [0.1, 0.15) is 37.8 Å². The maximum Gasteiger partial charge on any atom is 0.237 e. The van der Waals surface area contributed by atoms with Gasteiger partial charge in [0.05, 0.1) is 12.1 Å². The molecular formula is C16H23ClN2O3. The third-order valence-corrected chi connectivity index (χ3v) is 4.05. The first kappa shape index (κ1) is 16.9. The summed E-state index contributed by atoms with van der Waals surface area (Å²) in [7, 11) is 0. The molecule has 2 atom stereocenters. The summed E-state index contributed by atoms with van der Waals surface area (Å²) in [6.45, 7) is 4.08. The third-order valence-electron chi connectivity index (χ3n) is 4.05. The Balaban J connectivity index is 0.00000176. The van der Waals surface area contributed by atoms with Crippen LogP contribution in [0.2, 0.25) is 0 Å². The van der Waals surface area contributed by atoms with Crippen molar-refractivity contribution in [1.82, 2.24) is 10.6 Å². The Bertz CT molecular complexity index is 518. The van der Waals surface area contributed by atoms with Crippen LogP contribution < -0.4 is 20.1 Å². The Hall–Kier alpha value is -1.46. The first-order valence-corrected chi connectivity index (χ1v) is 7.67. The van der Waals surface area contributed by atoms with E-state index in [1.54, 1.807) is 0 Å². The SMILES string of the molecule is CC(NC(=O)[C@H]1CCCCN1)c1ccc2c(c1)OCCO2.Cl. The summed E-state index contributed by atoms with van der Waals surface area (Å²) in [6, 6.07) is 5.74. The van der Waals surface area contributed by atoms with E-state index in [9.17, 15) is 4.79 Å². The average molecular weight is 327 g/mol. The van der Waals surface area contributed by atoms with E-state index in [0.29, 0.717) is 13.2 Å². The smallest absolute Gasteiger partial charge is 0.237 e. The molecule has 2 aliphatic rings. The predicted octanol–water partition coefficient (Wildman–Crippen LogP) is 2.20. The molecule has 0 aliphatic carbocycles. The highest BCUT2D eigenvalue weighted by molar-refractivity contribution is 5.85. The second kappa shape index (κ2) is 7.70. The minimum atomic E-state index is -0.0570. The molecule has 3 rings (SSSR count). The highest BCUT2D eigenvalue weighted by atomic mass is 35.5. The monoisotopic (exact) mass is 326 g/mol. The largest absolute Gasteiger partial charge is 0.486 e. The maximum absolute atomic E-state index is 12.2. The van der Waals surface area contributed by atoms with Crippen molar-refractivity contribution in [2.75, 3.05) is 19.8 Å². The van der Waals surface area contributed by atoms with E-state index in [2.05, 4.69) is 10.6 Å². The summed E-state index contributed by atoms with van der Waals surface area (Å²) >= 11 is 0. The van der Waals surface area contributed by atoms with Gasteiger partial charge in [0.2, 0.25) is 5.91 Å². The van der Waals surface area contributed by atoms with Crippen LogP contribution >= 0.6 is 12.4 Å². The molecule has 1 aromatic rings. The predicted molar refractivity (Wildman–Crippen MR) is 86.9 cm³/mol. The molecule has 2 aliphatic heterocycles. The van der Waals surface area contributed by atoms with Gasteiger partial charge in [-0.2, -0.15) is 0 Å². The van der Waals surface area contributed by atoms with Crippen LogP contribution in [-0.2, 0) is 4.79 Å². The topological polar surface area (TPSA) is 59.6 Å². The molecule has 1 aromatic carbocycles. The molecule has 0 radical (unpaired) electrons. The number of benzene rings is 1. The first-order chi connectivity index (χ1) is 10.2. The summed E-state index contributed by atoms with van der Waals surface area (Å²) in [4.78, 5) is 12.2. The molecule has 5 nitrogen and oxygen atoms in total. The molecule has 122 valence electrons. The van der Waals surface area contributed by atoms with Crippen LogP contribution in [0.15, 0.2) is 18.2 Å². The van der Waals surface area contributed by atoms with Crippen molar-refractivity contribution in [3.63, 3.8) is 0 Å². The third kappa shape index (κ3) is 3.84. The van der Waals surface area contributed by atoms with E-state index in [1.165, 1.54) is 0 Å². The summed E-state index contributed by atoms with van der Waals surface area (Å²) in [5, 5.41) is 6.34. The highest BCUT2D eigenvalue weighted by Gasteiger charge is 2.22. The number of carbonyl (C=O) groups excluding carboxylic acids is 1. The van der Waals surface area contributed by atoms with Crippen molar-refractivity contribution >= 4 is 18.3 Å². The van der Waals surface area contributed by atoms with Gasteiger partial charge in [-0.05, 0) is 44.0 Å². The van der Waals surface area contributed by atoms with Gasteiger partial charge in [0.25, 0.3) is 0 Å². The zero-order chi connectivity index (χ0) is 14.7. The van der Waals surface area contributed by atoms with Crippen LogP contribution in [0.4, 0.5) is 0 Å². The van der Waals surface area contributed by atoms with E-state index >= 15 is 0 Å². The van der Waals surface area contributed by atoms with Crippen molar-refractivity contribution in [3.8, 4) is 11.5 Å². The number of fused-ring (bicyclic) bond motifs is 1. The molecule has 0 aromatic heterocycles. The molecule has 0 spiro atoms. The van der Waals surface area contributed by atoms with Crippen LogP contribution in [0, 0.1) is 0 Å². The zero-order valence-electron chi connectivity index (χ0n) is 12.8. The van der Waals surface area contributed by atoms with Crippen LogP contribution in [0.25, 0.3) is 0 Å². The maximum atomic E-state index is 12.2. The van der Waals surface area contributed by atoms with Gasteiger partial charge in [-0.15, -0.1) is 12.4 Å². The number of hydrogen-bond acceptors (Lipinski definition) is 4. The Morgan fingerprint density at radius 2 is 2.05 bits per heavy atom. The van der Waals surface area contributed by atoms with Gasteiger partial charge < -0.3 is 20.1 Å². The Morgan fingerprint density at radius 3 is 2.77 bits per heavy atom. The number of piperidine rings is 1. The second-order valence-electron chi connectivity index (χ2n) is 5.64. The Kier molecular flexibility index (Phi) is 5.91. The fourth-order valence-electron chi connectivity index (χ4n) is 2.80. The van der Waals surface area contributed by atoms with Crippen molar-refractivity contribution in [3.05, 3.63) is 23.8 Å². The van der Waals surface area contributed by atoms with Crippen molar-refractivity contribution in [2.24, 2.45) is 0 Å². The number of hydrogen-bond donors (Lipinski definition) is 2. The zero-order valence-corrected chi connectivity index (χ0v) is 13.6. The van der Waals surface area contributed by atoms with E-state index in [1.807, 2.05) is 25.1 Å². The number of rotatable bonds is 3. The molecule has 0 bridgehead atoms. The van der Waals surface area contributed by atoms with Gasteiger partial charge in [-0.3, -0.25) is 4.79 Å². The minimum Gasteiger partial charge on any atom is -0.486 e. The van der Waals surface area contributed by atoms with E-state index in [-0.39, 0.29) is 30.4 Å².